The van der Waals surface area contributed by atoms with Crippen LogP contribution in [-0.4, -0.2) is 5.11 Å². The fourth-order valence-corrected chi connectivity index (χ4v) is 2.24. The van der Waals surface area contributed by atoms with E-state index in [2.05, 4.69) is 39.8 Å². The molecular formula is C15H24O. The van der Waals surface area contributed by atoms with E-state index in [4.69, 9.17) is 0 Å². The van der Waals surface area contributed by atoms with Crippen LogP contribution in [0.4, 0.5) is 0 Å². The summed E-state index contributed by atoms with van der Waals surface area (Å²) in [5, 5.41) is 9.32. The van der Waals surface area contributed by atoms with Gasteiger partial charge in [-0.15, -0.1) is 0 Å². The van der Waals surface area contributed by atoms with Gasteiger partial charge in [-0.2, -0.15) is 0 Å². The zero-order valence-corrected chi connectivity index (χ0v) is 11.0. The van der Waals surface area contributed by atoms with Crippen molar-refractivity contribution in [2.24, 2.45) is 5.92 Å². The largest absolute Gasteiger partial charge is 0.508 e. The lowest BCUT2D eigenvalue weighted by atomic mass is 9.73. The number of phenolic OH excluding ortho intramolecular Hbond substituents is 1. The molecule has 1 aromatic carbocycles. The van der Waals surface area contributed by atoms with Crippen molar-refractivity contribution < 1.29 is 5.11 Å². The summed E-state index contributed by atoms with van der Waals surface area (Å²) in [6, 6.07) is 7.70. The number of phenols is 1. The van der Waals surface area contributed by atoms with Crippen molar-refractivity contribution in [3.05, 3.63) is 29.8 Å². The monoisotopic (exact) mass is 220 g/mol. The lowest BCUT2D eigenvalue weighted by Gasteiger charge is -2.31. The van der Waals surface area contributed by atoms with Crippen LogP contribution in [0.3, 0.4) is 0 Å². The van der Waals surface area contributed by atoms with E-state index in [0.29, 0.717) is 5.75 Å². The molecule has 0 saturated heterocycles. The Morgan fingerprint density at radius 2 is 1.75 bits per heavy atom. The first kappa shape index (κ1) is 13.1. The summed E-state index contributed by atoms with van der Waals surface area (Å²) in [5.41, 5.74) is 1.58. The smallest absolute Gasteiger partial charge is 0.115 e. The lowest BCUT2D eigenvalue weighted by Crippen LogP contribution is -2.23. The van der Waals surface area contributed by atoms with E-state index in [9.17, 15) is 5.11 Å². The van der Waals surface area contributed by atoms with Gasteiger partial charge in [0.1, 0.15) is 5.75 Å². The Hall–Kier alpha value is -0.980. The quantitative estimate of drug-likeness (QED) is 0.774. The maximum absolute atomic E-state index is 9.32. The van der Waals surface area contributed by atoms with Crippen LogP contribution in [0, 0.1) is 5.92 Å². The summed E-state index contributed by atoms with van der Waals surface area (Å²) in [5.74, 6) is 1.10. The van der Waals surface area contributed by atoms with Crippen molar-refractivity contribution in [3.8, 4) is 5.75 Å². The first-order valence-corrected chi connectivity index (χ1v) is 6.31. The predicted octanol–water partition coefficient (Wildman–Crippen LogP) is 4.50. The van der Waals surface area contributed by atoms with E-state index in [-0.39, 0.29) is 5.41 Å². The minimum absolute atomic E-state index is 0.239. The highest BCUT2D eigenvalue weighted by Crippen LogP contribution is 2.35. The minimum atomic E-state index is 0.239. The fourth-order valence-electron chi connectivity index (χ4n) is 2.24. The van der Waals surface area contributed by atoms with E-state index in [0.717, 1.165) is 12.3 Å². The van der Waals surface area contributed by atoms with Crippen LogP contribution in [0.25, 0.3) is 0 Å². The molecule has 1 N–H and O–H groups in total. The highest BCUT2D eigenvalue weighted by molar-refractivity contribution is 5.31. The first-order chi connectivity index (χ1) is 7.51. The molecule has 0 aliphatic carbocycles. The van der Waals surface area contributed by atoms with Crippen LogP contribution >= 0.6 is 0 Å². The van der Waals surface area contributed by atoms with Crippen molar-refractivity contribution >= 4 is 0 Å². The summed E-state index contributed by atoms with van der Waals surface area (Å²) in [6.07, 6.45) is 3.58. The van der Waals surface area contributed by atoms with Gasteiger partial charge in [0.05, 0.1) is 0 Å². The molecule has 0 radical (unpaired) electrons. The molecule has 0 aliphatic rings. The second-order valence-corrected chi connectivity index (χ2v) is 5.18. The Kier molecular flexibility index (Phi) is 4.40. The average molecular weight is 220 g/mol. The highest BCUT2D eigenvalue weighted by atomic mass is 16.3. The second-order valence-electron chi connectivity index (χ2n) is 5.18. The van der Waals surface area contributed by atoms with E-state index < -0.39 is 0 Å². The van der Waals surface area contributed by atoms with Crippen LogP contribution in [0.1, 0.15) is 52.5 Å². The highest BCUT2D eigenvalue weighted by Gasteiger charge is 2.26. The molecule has 0 bridgehead atoms. The van der Waals surface area contributed by atoms with Gasteiger partial charge in [0.15, 0.2) is 0 Å². The maximum Gasteiger partial charge on any atom is 0.115 e. The molecule has 0 unspecified atom stereocenters. The van der Waals surface area contributed by atoms with Gasteiger partial charge in [0, 0.05) is 0 Å². The Labute approximate surface area is 99.5 Å². The van der Waals surface area contributed by atoms with Crippen LogP contribution in [-0.2, 0) is 5.41 Å². The summed E-state index contributed by atoms with van der Waals surface area (Å²) < 4.78 is 0. The van der Waals surface area contributed by atoms with E-state index >= 15 is 0 Å². The Morgan fingerprint density at radius 1 is 1.19 bits per heavy atom. The Morgan fingerprint density at radius 3 is 2.19 bits per heavy atom. The first-order valence-electron chi connectivity index (χ1n) is 6.31. The lowest BCUT2D eigenvalue weighted by molar-refractivity contribution is 0.336. The zero-order valence-electron chi connectivity index (χ0n) is 11.0. The van der Waals surface area contributed by atoms with Crippen molar-refractivity contribution in [1.29, 1.82) is 0 Å². The van der Waals surface area contributed by atoms with Gasteiger partial charge < -0.3 is 5.11 Å². The van der Waals surface area contributed by atoms with E-state index in [1.807, 2.05) is 0 Å². The van der Waals surface area contributed by atoms with Gasteiger partial charge in [-0.1, -0.05) is 46.2 Å². The summed E-state index contributed by atoms with van der Waals surface area (Å²) >= 11 is 0. The number of benzene rings is 1. The Balaban J connectivity index is 2.90. The van der Waals surface area contributed by atoms with Crippen molar-refractivity contribution in [2.75, 3.05) is 0 Å². The molecule has 1 rings (SSSR count). The maximum atomic E-state index is 9.32. The molecule has 0 heterocycles. The van der Waals surface area contributed by atoms with Gasteiger partial charge in [-0.25, -0.2) is 0 Å². The third-order valence-corrected chi connectivity index (χ3v) is 3.84. The third-order valence-electron chi connectivity index (χ3n) is 3.84. The SMILES string of the molecule is CC[C@H](C)C[C@@](C)(CC)c1ccc(O)cc1. The Bertz CT molecular complexity index is 315. The average Bonchev–Trinajstić information content (AvgIpc) is 2.29. The minimum Gasteiger partial charge on any atom is -0.508 e. The molecule has 0 fully saturated rings. The molecule has 0 aromatic heterocycles. The van der Waals surface area contributed by atoms with E-state index in [1.54, 1.807) is 12.1 Å². The topological polar surface area (TPSA) is 20.2 Å². The molecule has 90 valence electrons. The second kappa shape index (κ2) is 5.38. The predicted molar refractivity (Wildman–Crippen MR) is 69.8 cm³/mol. The molecule has 2 atom stereocenters. The van der Waals surface area contributed by atoms with Gasteiger partial charge in [-0.3, -0.25) is 0 Å². The third kappa shape index (κ3) is 3.01. The molecule has 16 heavy (non-hydrogen) atoms. The van der Waals surface area contributed by atoms with Crippen LogP contribution < -0.4 is 0 Å². The summed E-state index contributed by atoms with van der Waals surface area (Å²) in [4.78, 5) is 0. The molecule has 1 heteroatoms. The van der Waals surface area contributed by atoms with Crippen molar-refractivity contribution in [2.45, 2.75) is 52.4 Å². The summed E-state index contributed by atoms with van der Waals surface area (Å²) in [7, 11) is 0. The number of aromatic hydroxyl groups is 1. The molecule has 0 aliphatic heterocycles. The van der Waals surface area contributed by atoms with Crippen molar-refractivity contribution in [1.82, 2.24) is 0 Å². The van der Waals surface area contributed by atoms with Crippen LogP contribution in [0.5, 0.6) is 5.75 Å². The van der Waals surface area contributed by atoms with Gasteiger partial charge >= 0.3 is 0 Å². The molecule has 1 aromatic rings. The summed E-state index contributed by atoms with van der Waals surface area (Å²) in [6.45, 7) is 9.13. The standard InChI is InChI=1S/C15H24O/c1-5-12(3)11-15(4,6-2)13-7-9-14(16)10-8-13/h7-10,12,16H,5-6,11H2,1-4H3/t12-,15+/m0/s1. The fraction of sp³-hybridized carbons (Fsp3) is 0.600. The molecule has 1 nitrogen and oxygen atoms in total. The number of hydrogen-bond acceptors (Lipinski definition) is 1. The van der Waals surface area contributed by atoms with Crippen molar-refractivity contribution in [3.63, 3.8) is 0 Å². The van der Waals surface area contributed by atoms with Gasteiger partial charge in [-0.05, 0) is 41.9 Å². The molecule has 0 spiro atoms. The zero-order chi connectivity index (χ0) is 12.2. The van der Waals surface area contributed by atoms with Gasteiger partial charge in [0.25, 0.3) is 0 Å². The number of rotatable bonds is 5. The van der Waals surface area contributed by atoms with Crippen LogP contribution in [0.2, 0.25) is 0 Å². The molecular weight excluding hydrogens is 196 g/mol. The number of hydrogen-bond donors (Lipinski definition) is 1. The molecule has 0 amide bonds. The normalized spacial score (nSPS) is 16.8. The molecule has 0 saturated carbocycles. The van der Waals surface area contributed by atoms with Crippen LogP contribution in [0.15, 0.2) is 24.3 Å². The van der Waals surface area contributed by atoms with E-state index in [1.165, 1.54) is 18.4 Å². The van der Waals surface area contributed by atoms with Gasteiger partial charge in [0.2, 0.25) is 0 Å².